The Morgan fingerprint density at radius 3 is 2.62 bits per heavy atom. The van der Waals surface area contributed by atoms with Crippen LogP contribution in [0.5, 0.6) is 0 Å². The fourth-order valence-corrected chi connectivity index (χ4v) is 1.47. The van der Waals surface area contributed by atoms with Crippen molar-refractivity contribution in [3.8, 4) is 0 Å². The predicted octanol–water partition coefficient (Wildman–Crippen LogP) is 0.0534. The maximum atomic E-state index is 11.1. The van der Waals surface area contributed by atoms with E-state index in [2.05, 4.69) is 5.32 Å². The second-order valence-corrected chi connectivity index (χ2v) is 3.80. The highest BCUT2D eigenvalue weighted by atomic mass is 16.3. The third-order valence-corrected chi connectivity index (χ3v) is 2.48. The minimum absolute atomic E-state index is 0.0461. The first-order valence-corrected chi connectivity index (χ1v) is 5.31. The molecule has 0 saturated carbocycles. The number of benzene rings is 1. The number of rotatable bonds is 5. The van der Waals surface area contributed by atoms with Crippen LogP contribution in [-0.4, -0.2) is 30.2 Å². The lowest BCUT2D eigenvalue weighted by Gasteiger charge is -2.18. The van der Waals surface area contributed by atoms with Gasteiger partial charge >= 0.3 is 0 Å². The number of hydrogen-bond donors (Lipinski definition) is 3. The van der Waals surface area contributed by atoms with Gasteiger partial charge in [-0.05, 0) is 12.0 Å². The van der Waals surface area contributed by atoms with Crippen LogP contribution in [0, 0.1) is 0 Å². The van der Waals surface area contributed by atoms with Crippen LogP contribution >= 0.6 is 0 Å². The van der Waals surface area contributed by atoms with Gasteiger partial charge < -0.3 is 16.2 Å². The van der Waals surface area contributed by atoms with Crippen LogP contribution in [0.2, 0.25) is 0 Å². The van der Waals surface area contributed by atoms with Crippen LogP contribution in [-0.2, 0) is 11.2 Å². The van der Waals surface area contributed by atoms with Crippen LogP contribution in [0.4, 0.5) is 0 Å². The molecule has 0 saturated heterocycles. The fourth-order valence-electron chi connectivity index (χ4n) is 1.47. The summed E-state index contributed by atoms with van der Waals surface area (Å²) < 4.78 is 0. The van der Waals surface area contributed by atoms with Crippen LogP contribution in [0.3, 0.4) is 0 Å². The van der Waals surface area contributed by atoms with Crippen molar-refractivity contribution in [3.63, 3.8) is 0 Å². The zero-order valence-electron chi connectivity index (χ0n) is 9.39. The molecule has 0 fully saturated rings. The van der Waals surface area contributed by atoms with Gasteiger partial charge in [-0.1, -0.05) is 30.3 Å². The van der Waals surface area contributed by atoms with E-state index in [0.29, 0.717) is 6.42 Å². The molecule has 4 nitrogen and oxygen atoms in total. The van der Waals surface area contributed by atoms with E-state index in [1.165, 1.54) is 7.05 Å². The Morgan fingerprint density at radius 1 is 1.44 bits per heavy atom. The predicted molar refractivity (Wildman–Crippen MR) is 62.8 cm³/mol. The first kappa shape index (κ1) is 12.7. The quantitative estimate of drug-likeness (QED) is 0.659. The molecule has 0 aliphatic rings. The lowest BCUT2D eigenvalue weighted by atomic mass is 10.00. The zero-order valence-corrected chi connectivity index (χ0v) is 9.39. The lowest BCUT2D eigenvalue weighted by molar-refractivity contribution is -0.122. The van der Waals surface area contributed by atoms with Gasteiger partial charge in [-0.3, -0.25) is 4.79 Å². The van der Waals surface area contributed by atoms with Crippen molar-refractivity contribution in [1.82, 2.24) is 5.32 Å². The Bertz CT molecular complexity index is 327. The highest BCUT2D eigenvalue weighted by molar-refractivity contribution is 5.76. The van der Waals surface area contributed by atoms with E-state index in [1.807, 2.05) is 30.3 Å². The Balaban J connectivity index is 2.46. The van der Waals surface area contributed by atoms with Gasteiger partial charge in [0, 0.05) is 13.1 Å². The zero-order chi connectivity index (χ0) is 12.0. The fraction of sp³-hybridized carbons (Fsp3) is 0.417. The van der Waals surface area contributed by atoms with Crippen LogP contribution in [0.15, 0.2) is 30.3 Å². The molecule has 88 valence electrons. The van der Waals surface area contributed by atoms with E-state index in [-0.39, 0.29) is 12.3 Å². The van der Waals surface area contributed by atoms with Gasteiger partial charge in [-0.25, -0.2) is 0 Å². The summed E-state index contributed by atoms with van der Waals surface area (Å²) in [6.45, 7) is 0. The number of hydrogen-bond acceptors (Lipinski definition) is 3. The molecule has 0 aliphatic carbocycles. The first-order valence-electron chi connectivity index (χ1n) is 5.31. The average Bonchev–Trinajstić information content (AvgIpc) is 2.30. The summed E-state index contributed by atoms with van der Waals surface area (Å²) in [7, 11) is 1.54. The van der Waals surface area contributed by atoms with Gasteiger partial charge in [0.1, 0.15) is 0 Å². The van der Waals surface area contributed by atoms with Crippen LogP contribution in [0.25, 0.3) is 0 Å². The Hall–Kier alpha value is -1.39. The van der Waals surface area contributed by atoms with E-state index in [1.54, 1.807) is 0 Å². The standard InChI is InChI=1S/C12H18N2O2/c1-14-12(16)8-11(15)10(13)7-9-5-3-2-4-6-9/h2-6,10-11,15H,7-8,13H2,1H3,(H,14,16)/t10-,11-/m0/s1. The van der Waals surface area contributed by atoms with Crippen molar-refractivity contribution in [1.29, 1.82) is 0 Å². The molecule has 0 bridgehead atoms. The molecular weight excluding hydrogens is 204 g/mol. The molecule has 0 spiro atoms. The van der Waals surface area contributed by atoms with E-state index >= 15 is 0 Å². The molecule has 0 heterocycles. The van der Waals surface area contributed by atoms with Crippen molar-refractivity contribution in [3.05, 3.63) is 35.9 Å². The summed E-state index contributed by atoms with van der Waals surface area (Å²) in [4.78, 5) is 11.1. The molecule has 1 aromatic carbocycles. The molecule has 4 N–H and O–H groups in total. The maximum Gasteiger partial charge on any atom is 0.222 e. The van der Waals surface area contributed by atoms with Crippen molar-refractivity contribution in [2.75, 3.05) is 7.05 Å². The number of nitrogens with two attached hydrogens (primary N) is 1. The smallest absolute Gasteiger partial charge is 0.222 e. The van der Waals surface area contributed by atoms with Gasteiger partial charge in [-0.15, -0.1) is 0 Å². The third kappa shape index (κ3) is 4.00. The normalized spacial score (nSPS) is 14.2. The monoisotopic (exact) mass is 222 g/mol. The van der Waals surface area contributed by atoms with Gasteiger partial charge in [0.05, 0.1) is 12.5 Å². The lowest BCUT2D eigenvalue weighted by Crippen LogP contribution is -2.39. The summed E-state index contributed by atoms with van der Waals surface area (Å²) in [6, 6.07) is 9.26. The molecule has 0 unspecified atom stereocenters. The second-order valence-electron chi connectivity index (χ2n) is 3.80. The Morgan fingerprint density at radius 2 is 2.06 bits per heavy atom. The molecule has 0 aliphatic heterocycles. The van der Waals surface area contributed by atoms with Crippen molar-refractivity contribution < 1.29 is 9.90 Å². The summed E-state index contributed by atoms with van der Waals surface area (Å²) in [5.74, 6) is -0.198. The van der Waals surface area contributed by atoms with Crippen LogP contribution < -0.4 is 11.1 Å². The summed E-state index contributed by atoms with van der Waals surface area (Å²) in [5, 5.41) is 12.2. The average molecular weight is 222 g/mol. The number of amides is 1. The molecule has 1 amide bonds. The molecule has 1 rings (SSSR count). The largest absolute Gasteiger partial charge is 0.391 e. The number of carbonyl (C=O) groups excluding carboxylic acids is 1. The summed E-state index contributed by atoms with van der Waals surface area (Å²) in [6.07, 6.45) is -0.191. The van der Waals surface area contributed by atoms with Crippen LogP contribution in [0.1, 0.15) is 12.0 Å². The topological polar surface area (TPSA) is 75.3 Å². The minimum Gasteiger partial charge on any atom is -0.391 e. The Labute approximate surface area is 95.5 Å². The molecule has 0 radical (unpaired) electrons. The first-order chi connectivity index (χ1) is 7.63. The van der Waals surface area contributed by atoms with E-state index < -0.39 is 12.1 Å². The molecule has 2 atom stereocenters. The van der Waals surface area contributed by atoms with Gasteiger partial charge in [0.25, 0.3) is 0 Å². The van der Waals surface area contributed by atoms with Crippen molar-refractivity contribution in [2.24, 2.45) is 5.73 Å². The Kier molecular flexibility index (Phi) is 4.95. The third-order valence-electron chi connectivity index (χ3n) is 2.48. The number of nitrogens with one attached hydrogen (secondary N) is 1. The maximum absolute atomic E-state index is 11.1. The SMILES string of the molecule is CNC(=O)C[C@H](O)[C@@H](N)Cc1ccccc1. The van der Waals surface area contributed by atoms with Gasteiger partial charge in [-0.2, -0.15) is 0 Å². The number of aliphatic hydroxyl groups excluding tert-OH is 1. The number of aliphatic hydroxyl groups is 1. The number of carbonyl (C=O) groups is 1. The van der Waals surface area contributed by atoms with Crippen molar-refractivity contribution >= 4 is 5.91 Å². The summed E-state index contributed by atoms with van der Waals surface area (Å²) >= 11 is 0. The van der Waals surface area contributed by atoms with E-state index in [9.17, 15) is 9.90 Å². The molecule has 0 aromatic heterocycles. The molecule has 4 heteroatoms. The second kappa shape index (κ2) is 6.25. The molecule has 1 aromatic rings. The highest BCUT2D eigenvalue weighted by Gasteiger charge is 2.17. The van der Waals surface area contributed by atoms with Crippen molar-refractivity contribution in [2.45, 2.75) is 25.0 Å². The van der Waals surface area contributed by atoms with E-state index in [0.717, 1.165) is 5.56 Å². The van der Waals surface area contributed by atoms with E-state index in [4.69, 9.17) is 5.73 Å². The van der Waals surface area contributed by atoms with Gasteiger partial charge in [0.2, 0.25) is 5.91 Å². The minimum atomic E-state index is -0.805. The van der Waals surface area contributed by atoms with Gasteiger partial charge in [0.15, 0.2) is 0 Å². The summed E-state index contributed by atoms with van der Waals surface area (Å²) in [5.41, 5.74) is 6.88. The molecule has 16 heavy (non-hydrogen) atoms. The highest BCUT2D eigenvalue weighted by Crippen LogP contribution is 2.06. The molecular formula is C12H18N2O2.